The molecule has 0 fully saturated rings. The summed E-state index contributed by atoms with van der Waals surface area (Å²) in [5, 5.41) is 0.633. The van der Waals surface area contributed by atoms with Crippen LogP contribution in [0.5, 0.6) is 0 Å². The van der Waals surface area contributed by atoms with Crippen LogP contribution in [0.1, 0.15) is 36.2 Å². The van der Waals surface area contributed by atoms with Gasteiger partial charge in [-0.15, -0.1) is 0 Å². The number of halogens is 1. The van der Waals surface area contributed by atoms with Crippen LogP contribution in [0.2, 0.25) is 5.02 Å². The number of aryl methyl sites for hydroxylation is 1. The van der Waals surface area contributed by atoms with Crippen molar-refractivity contribution >= 4 is 34.7 Å². The number of rotatable bonds is 5. The Bertz CT molecular complexity index is 488. The monoisotopic (exact) mass is 298 g/mol. The molecule has 104 valence electrons. The molecule has 0 aromatic heterocycles. The maximum Gasteiger partial charge on any atom is 0.254 e. The average Bonchev–Trinajstić information content (AvgIpc) is 2.27. The second kappa shape index (κ2) is 6.87. The van der Waals surface area contributed by atoms with Gasteiger partial charge in [0.05, 0.1) is 4.99 Å². The zero-order chi connectivity index (χ0) is 14.6. The first-order valence-corrected chi connectivity index (χ1v) is 6.97. The molecule has 1 rings (SSSR count). The van der Waals surface area contributed by atoms with Crippen LogP contribution >= 0.6 is 23.8 Å². The molecule has 1 aromatic carbocycles. The zero-order valence-electron chi connectivity index (χ0n) is 11.4. The summed E-state index contributed by atoms with van der Waals surface area (Å²) in [5.74, 6) is -0.0135. The van der Waals surface area contributed by atoms with Crippen LogP contribution in [-0.2, 0) is 0 Å². The first-order valence-electron chi connectivity index (χ1n) is 6.18. The van der Waals surface area contributed by atoms with Crippen molar-refractivity contribution in [3.8, 4) is 0 Å². The van der Waals surface area contributed by atoms with E-state index in [1.54, 1.807) is 23.1 Å². The molecule has 0 aliphatic rings. The molecule has 1 aromatic rings. The van der Waals surface area contributed by atoms with Gasteiger partial charge in [-0.2, -0.15) is 0 Å². The maximum absolute atomic E-state index is 12.5. The SMILES string of the molecule is Cc1cc(Cl)ccc1C(=O)N(CCC(N)=S)C(C)C. The number of thiocarbonyl (C=S) groups is 1. The molecular formula is C14H19ClN2OS. The smallest absolute Gasteiger partial charge is 0.254 e. The summed E-state index contributed by atoms with van der Waals surface area (Å²) in [5.41, 5.74) is 7.05. The molecule has 0 radical (unpaired) electrons. The second-order valence-corrected chi connectivity index (χ2v) is 5.73. The third-order valence-corrected chi connectivity index (χ3v) is 3.34. The maximum atomic E-state index is 12.5. The third kappa shape index (κ3) is 4.48. The van der Waals surface area contributed by atoms with Gasteiger partial charge in [-0.3, -0.25) is 4.79 Å². The van der Waals surface area contributed by atoms with Gasteiger partial charge in [-0.05, 0) is 44.5 Å². The van der Waals surface area contributed by atoms with Crippen LogP contribution in [0.15, 0.2) is 18.2 Å². The minimum absolute atomic E-state index is 0.0135. The lowest BCUT2D eigenvalue weighted by Crippen LogP contribution is -2.39. The van der Waals surface area contributed by atoms with Crippen molar-refractivity contribution in [2.75, 3.05) is 6.54 Å². The van der Waals surface area contributed by atoms with Crippen molar-refractivity contribution in [2.45, 2.75) is 33.2 Å². The number of carbonyl (C=O) groups excluding carboxylic acids is 1. The Morgan fingerprint density at radius 1 is 1.47 bits per heavy atom. The first-order chi connectivity index (χ1) is 8.82. The molecular weight excluding hydrogens is 280 g/mol. The average molecular weight is 299 g/mol. The van der Waals surface area contributed by atoms with Gasteiger partial charge in [0.1, 0.15) is 0 Å². The van der Waals surface area contributed by atoms with Crippen LogP contribution in [0.25, 0.3) is 0 Å². The van der Waals surface area contributed by atoms with Gasteiger partial charge in [0, 0.05) is 29.6 Å². The Morgan fingerprint density at radius 2 is 2.11 bits per heavy atom. The van der Waals surface area contributed by atoms with E-state index < -0.39 is 0 Å². The van der Waals surface area contributed by atoms with E-state index in [-0.39, 0.29) is 11.9 Å². The standard InChI is InChI=1S/C14H19ClN2OS/c1-9(2)17(7-6-13(16)19)14(18)12-5-4-11(15)8-10(12)3/h4-5,8-9H,6-7H2,1-3H3,(H2,16,19). The number of hydrogen-bond donors (Lipinski definition) is 1. The number of benzene rings is 1. The summed E-state index contributed by atoms with van der Waals surface area (Å²) in [4.78, 5) is 14.7. The Kier molecular flexibility index (Phi) is 5.76. The quantitative estimate of drug-likeness (QED) is 0.849. The number of carbonyl (C=O) groups is 1. The lowest BCUT2D eigenvalue weighted by Gasteiger charge is -2.27. The van der Waals surface area contributed by atoms with Crippen molar-refractivity contribution in [3.63, 3.8) is 0 Å². The molecule has 0 aliphatic carbocycles. The number of nitrogens with zero attached hydrogens (tertiary/aromatic N) is 1. The molecule has 0 saturated carbocycles. The highest BCUT2D eigenvalue weighted by atomic mass is 35.5. The summed E-state index contributed by atoms with van der Waals surface area (Å²) in [7, 11) is 0. The minimum atomic E-state index is -0.0135. The highest BCUT2D eigenvalue weighted by molar-refractivity contribution is 7.80. The van der Waals surface area contributed by atoms with E-state index in [1.807, 2.05) is 20.8 Å². The molecule has 3 nitrogen and oxygen atoms in total. The largest absolute Gasteiger partial charge is 0.393 e. The molecule has 0 bridgehead atoms. The zero-order valence-corrected chi connectivity index (χ0v) is 13.0. The van der Waals surface area contributed by atoms with Crippen molar-refractivity contribution in [1.82, 2.24) is 4.90 Å². The van der Waals surface area contributed by atoms with Gasteiger partial charge in [0.15, 0.2) is 0 Å². The van der Waals surface area contributed by atoms with Crippen molar-refractivity contribution in [3.05, 3.63) is 34.3 Å². The lowest BCUT2D eigenvalue weighted by atomic mass is 10.1. The van der Waals surface area contributed by atoms with E-state index in [0.717, 1.165) is 5.56 Å². The van der Waals surface area contributed by atoms with Gasteiger partial charge < -0.3 is 10.6 Å². The predicted molar refractivity (Wildman–Crippen MR) is 83.8 cm³/mol. The Morgan fingerprint density at radius 3 is 2.58 bits per heavy atom. The van der Waals surface area contributed by atoms with Crippen molar-refractivity contribution in [1.29, 1.82) is 0 Å². The van der Waals surface area contributed by atoms with E-state index >= 15 is 0 Å². The fraction of sp³-hybridized carbons (Fsp3) is 0.429. The summed E-state index contributed by atoms with van der Waals surface area (Å²) < 4.78 is 0. The normalized spacial score (nSPS) is 10.6. The molecule has 0 heterocycles. The van der Waals surface area contributed by atoms with E-state index in [1.165, 1.54) is 0 Å². The van der Waals surface area contributed by atoms with Gasteiger partial charge in [-0.25, -0.2) is 0 Å². The summed E-state index contributed by atoms with van der Waals surface area (Å²) in [6.07, 6.45) is 0.534. The molecule has 5 heteroatoms. The van der Waals surface area contributed by atoms with Gasteiger partial charge >= 0.3 is 0 Å². The van der Waals surface area contributed by atoms with Crippen molar-refractivity contribution < 1.29 is 4.79 Å². The molecule has 0 unspecified atom stereocenters. The van der Waals surface area contributed by atoms with E-state index in [2.05, 4.69) is 0 Å². The van der Waals surface area contributed by atoms with Crippen molar-refractivity contribution in [2.24, 2.45) is 5.73 Å². The van der Waals surface area contributed by atoms with Crippen LogP contribution in [0, 0.1) is 6.92 Å². The summed E-state index contributed by atoms with van der Waals surface area (Å²) in [6, 6.07) is 5.38. The van der Waals surface area contributed by atoms with Gasteiger partial charge in [0.25, 0.3) is 5.91 Å². The molecule has 19 heavy (non-hydrogen) atoms. The fourth-order valence-electron chi connectivity index (χ4n) is 1.85. The van der Waals surface area contributed by atoms with Crippen LogP contribution < -0.4 is 5.73 Å². The number of nitrogens with two attached hydrogens (primary N) is 1. The summed E-state index contributed by atoms with van der Waals surface area (Å²) in [6.45, 7) is 6.37. The van der Waals surface area contributed by atoms with Crippen LogP contribution in [-0.4, -0.2) is 28.4 Å². The molecule has 0 atom stereocenters. The Balaban J connectivity index is 2.95. The highest BCUT2D eigenvalue weighted by Gasteiger charge is 2.20. The lowest BCUT2D eigenvalue weighted by molar-refractivity contribution is 0.0711. The van der Waals surface area contributed by atoms with Gasteiger partial charge in [0.2, 0.25) is 0 Å². The first kappa shape index (κ1) is 15.9. The van der Waals surface area contributed by atoms with Crippen LogP contribution in [0.3, 0.4) is 0 Å². The number of amides is 1. The topological polar surface area (TPSA) is 46.3 Å². The van der Waals surface area contributed by atoms with Crippen LogP contribution in [0.4, 0.5) is 0 Å². The Labute approximate surface area is 124 Å². The second-order valence-electron chi connectivity index (χ2n) is 4.77. The highest BCUT2D eigenvalue weighted by Crippen LogP contribution is 2.18. The van der Waals surface area contributed by atoms with E-state index in [9.17, 15) is 4.79 Å². The molecule has 1 amide bonds. The van der Waals surface area contributed by atoms with Gasteiger partial charge in [-0.1, -0.05) is 23.8 Å². The number of hydrogen-bond acceptors (Lipinski definition) is 2. The minimum Gasteiger partial charge on any atom is -0.393 e. The van der Waals surface area contributed by atoms with E-state index in [0.29, 0.717) is 28.5 Å². The molecule has 0 saturated heterocycles. The predicted octanol–water partition coefficient (Wildman–Crippen LogP) is 3.18. The summed E-state index contributed by atoms with van der Waals surface area (Å²) >= 11 is 10.8. The molecule has 0 spiro atoms. The van der Waals surface area contributed by atoms with E-state index in [4.69, 9.17) is 29.6 Å². The third-order valence-electron chi connectivity index (χ3n) is 2.90. The molecule has 2 N–H and O–H groups in total. The fourth-order valence-corrected chi connectivity index (χ4v) is 2.16. The Hall–Kier alpha value is -1.13. The molecule has 0 aliphatic heterocycles.